The largest absolute Gasteiger partial charge is 0.478 e. The number of rotatable bonds is 8. The minimum Gasteiger partial charge on any atom is -0.478 e. The highest BCUT2D eigenvalue weighted by molar-refractivity contribution is 6.39. The summed E-state index contributed by atoms with van der Waals surface area (Å²) in [6.45, 7) is 1.96. The zero-order valence-corrected chi connectivity index (χ0v) is 23.7. The Hall–Kier alpha value is -4.74. The zero-order chi connectivity index (χ0) is 30.0. The molecule has 0 spiro atoms. The number of hydrogen-bond donors (Lipinski definition) is 4. The molecule has 13 heteroatoms. The standard InChI is InChI=1S/C29H24Cl2N6O5/c1-2-37-27(39)24(34-29(42)35-25-21(30)13-32-14-22(25)31)12-23(36-37)16-5-3-4-15(8-16)17-9-18(11-19(10-17)28(40)41)26(38)33-20-6-7-20/h3-5,8-14,20H,2,6-7H2,1H3,(H,33,38)(H,40,41)(H2,32,34,35,42). The predicted molar refractivity (Wildman–Crippen MR) is 159 cm³/mol. The van der Waals surface area contributed by atoms with Gasteiger partial charge in [-0.3, -0.25) is 14.6 Å². The number of benzene rings is 2. The number of hydrogen-bond acceptors (Lipinski definition) is 6. The first-order valence-corrected chi connectivity index (χ1v) is 13.7. The smallest absolute Gasteiger partial charge is 0.335 e. The van der Waals surface area contributed by atoms with Crippen LogP contribution >= 0.6 is 23.2 Å². The van der Waals surface area contributed by atoms with Gasteiger partial charge >= 0.3 is 12.0 Å². The third kappa shape index (κ3) is 6.42. The van der Waals surface area contributed by atoms with Crippen LogP contribution < -0.4 is 21.5 Å². The number of carbonyl (C=O) groups excluding carboxylic acids is 2. The summed E-state index contributed by atoms with van der Waals surface area (Å²) in [5.41, 5.74) is 1.88. The fourth-order valence-corrected chi connectivity index (χ4v) is 4.65. The number of aryl methyl sites for hydroxylation is 1. The molecule has 42 heavy (non-hydrogen) atoms. The molecule has 2 heterocycles. The first kappa shape index (κ1) is 28.8. The summed E-state index contributed by atoms with van der Waals surface area (Å²) >= 11 is 12.2. The highest BCUT2D eigenvalue weighted by atomic mass is 35.5. The van der Waals surface area contributed by atoms with Crippen molar-refractivity contribution in [3.63, 3.8) is 0 Å². The fourth-order valence-electron chi connectivity index (χ4n) is 4.19. The van der Waals surface area contributed by atoms with Gasteiger partial charge in [-0.2, -0.15) is 5.10 Å². The normalized spacial score (nSPS) is 12.5. The number of aromatic carboxylic acids is 1. The minimum absolute atomic E-state index is 0.0246. The van der Waals surface area contributed by atoms with Crippen LogP contribution in [0.1, 0.15) is 40.5 Å². The quantitative estimate of drug-likeness (QED) is 0.205. The molecule has 0 atom stereocenters. The van der Waals surface area contributed by atoms with Crippen LogP contribution in [-0.2, 0) is 6.54 Å². The lowest BCUT2D eigenvalue weighted by molar-refractivity contribution is 0.0697. The summed E-state index contributed by atoms with van der Waals surface area (Å²) in [7, 11) is 0. The molecule has 5 rings (SSSR count). The van der Waals surface area contributed by atoms with Crippen LogP contribution in [0.2, 0.25) is 10.0 Å². The second-order valence-electron chi connectivity index (χ2n) is 9.55. The van der Waals surface area contributed by atoms with Gasteiger partial charge in [0.1, 0.15) is 5.69 Å². The number of aromatic nitrogens is 3. The molecule has 11 nitrogen and oxygen atoms in total. The molecule has 1 aliphatic carbocycles. The first-order valence-electron chi connectivity index (χ1n) is 12.9. The van der Waals surface area contributed by atoms with Crippen LogP contribution in [0.25, 0.3) is 22.4 Å². The molecule has 214 valence electrons. The lowest BCUT2D eigenvalue weighted by atomic mass is 9.97. The highest BCUT2D eigenvalue weighted by Gasteiger charge is 2.24. The lowest BCUT2D eigenvalue weighted by Crippen LogP contribution is -2.29. The molecule has 0 unspecified atom stereocenters. The molecule has 1 aliphatic rings. The Bertz CT molecular complexity index is 1770. The minimum atomic E-state index is -1.16. The number of carbonyl (C=O) groups is 3. The van der Waals surface area contributed by atoms with Crippen molar-refractivity contribution in [3.05, 3.63) is 92.5 Å². The van der Waals surface area contributed by atoms with E-state index in [0.717, 1.165) is 12.8 Å². The van der Waals surface area contributed by atoms with E-state index < -0.39 is 17.6 Å². The van der Waals surface area contributed by atoms with E-state index in [2.05, 4.69) is 26.0 Å². The van der Waals surface area contributed by atoms with Gasteiger partial charge in [0.2, 0.25) is 0 Å². The van der Waals surface area contributed by atoms with Gasteiger partial charge in [0.15, 0.2) is 0 Å². The highest BCUT2D eigenvalue weighted by Crippen LogP contribution is 2.30. The van der Waals surface area contributed by atoms with Crippen molar-refractivity contribution in [2.45, 2.75) is 32.4 Å². The second kappa shape index (κ2) is 12.0. The van der Waals surface area contributed by atoms with Gasteiger partial charge in [-0.15, -0.1) is 0 Å². The van der Waals surface area contributed by atoms with E-state index in [1.807, 2.05) is 0 Å². The van der Waals surface area contributed by atoms with E-state index >= 15 is 0 Å². The molecular formula is C29H24Cl2N6O5. The molecule has 1 fully saturated rings. The number of halogens is 2. The molecule has 2 aromatic heterocycles. The van der Waals surface area contributed by atoms with Crippen molar-refractivity contribution >= 4 is 52.5 Å². The van der Waals surface area contributed by atoms with E-state index in [-0.39, 0.29) is 51.0 Å². The lowest BCUT2D eigenvalue weighted by Gasteiger charge is -2.13. The van der Waals surface area contributed by atoms with Crippen molar-refractivity contribution < 1.29 is 19.5 Å². The summed E-state index contributed by atoms with van der Waals surface area (Å²) < 4.78 is 1.20. The topological polar surface area (TPSA) is 155 Å². The zero-order valence-electron chi connectivity index (χ0n) is 22.1. The molecule has 2 aromatic carbocycles. The number of carboxylic acid groups (broad SMARTS) is 1. The summed E-state index contributed by atoms with van der Waals surface area (Å²) in [5.74, 6) is -1.49. The Morgan fingerprint density at radius 3 is 2.31 bits per heavy atom. The Kier molecular flexibility index (Phi) is 8.23. The molecule has 3 amide bonds. The monoisotopic (exact) mass is 606 g/mol. The maximum atomic E-state index is 13.0. The van der Waals surface area contributed by atoms with Crippen molar-refractivity contribution in [2.24, 2.45) is 0 Å². The third-order valence-electron chi connectivity index (χ3n) is 6.46. The number of amides is 3. The molecule has 4 aromatic rings. The van der Waals surface area contributed by atoms with Crippen molar-refractivity contribution in [1.82, 2.24) is 20.1 Å². The molecule has 0 aliphatic heterocycles. The second-order valence-corrected chi connectivity index (χ2v) is 10.4. The van der Waals surface area contributed by atoms with Gasteiger partial charge < -0.3 is 21.1 Å². The van der Waals surface area contributed by atoms with Crippen LogP contribution in [0.5, 0.6) is 0 Å². The van der Waals surface area contributed by atoms with Gasteiger partial charge in [-0.1, -0.05) is 41.4 Å². The van der Waals surface area contributed by atoms with Crippen molar-refractivity contribution in [3.8, 4) is 22.4 Å². The van der Waals surface area contributed by atoms with E-state index in [0.29, 0.717) is 22.4 Å². The third-order valence-corrected chi connectivity index (χ3v) is 7.03. The average Bonchev–Trinajstić information content (AvgIpc) is 3.80. The van der Waals surface area contributed by atoms with Gasteiger partial charge in [0, 0.05) is 36.1 Å². The SMILES string of the molecule is CCn1nc(-c2cccc(-c3cc(C(=O)O)cc(C(=O)NC4CC4)c3)c2)cc(NC(=O)Nc2c(Cl)cncc2Cl)c1=O. The number of carboxylic acids is 1. The number of anilines is 2. The Morgan fingerprint density at radius 2 is 1.64 bits per heavy atom. The molecule has 4 N–H and O–H groups in total. The summed E-state index contributed by atoms with van der Waals surface area (Å²) in [6.07, 6.45) is 4.43. The molecule has 0 saturated heterocycles. The van der Waals surface area contributed by atoms with Crippen LogP contribution in [0.3, 0.4) is 0 Å². The van der Waals surface area contributed by atoms with E-state index in [4.69, 9.17) is 23.2 Å². The number of nitrogens with zero attached hydrogens (tertiary/aromatic N) is 3. The van der Waals surface area contributed by atoms with Gasteiger partial charge in [0.05, 0.1) is 27.0 Å². The van der Waals surface area contributed by atoms with E-state index in [9.17, 15) is 24.3 Å². The van der Waals surface area contributed by atoms with Crippen LogP contribution in [0, 0.1) is 0 Å². The van der Waals surface area contributed by atoms with Gasteiger partial charge in [-0.05, 0) is 61.2 Å². The Balaban J connectivity index is 1.48. The van der Waals surface area contributed by atoms with Crippen molar-refractivity contribution in [1.29, 1.82) is 0 Å². The maximum Gasteiger partial charge on any atom is 0.335 e. The van der Waals surface area contributed by atoms with Crippen molar-refractivity contribution in [2.75, 3.05) is 10.6 Å². The Labute approximate surface area is 249 Å². The number of urea groups is 1. The fraction of sp³-hybridized carbons (Fsp3) is 0.172. The summed E-state index contributed by atoms with van der Waals surface area (Å²) in [6, 6.07) is 12.3. The predicted octanol–water partition coefficient (Wildman–Crippen LogP) is 5.53. The first-order chi connectivity index (χ1) is 20.1. The number of nitrogens with one attached hydrogen (secondary N) is 3. The van der Waals surface area contributed by atoms with Crippen LogP contribution in [0.15, 0.2) is 65.7 Å². The Morgan fingerprint density at radius 1 is 0.952 bits per heavy atom. The van der Waals surface area contributed by atoms with E-state index in [1.54, 1.807) is 37.3 Å². The molecular weight excluding hydrogens is 583 g/mol. The average molecular weight is 607 g/mol. The van der Waals surface area contributed by atoms with Gasteiger partial charge in [0.25, 0.3) is 11.5 Å². The summed E-state index contributed by atoms with van der Waals surface area (Å²) in [5, 5.41) is 22.3. The molecule has 1 saturated carbocycles. The van der Waals surface area contributed by atoms with Crippen LogP contribution in [-0.4, -0.2) is 43.8 Å². The summed E-state index contributed by atoms with van der Waals surface area (Å²) in [4.78, 5) is 54.1. The number of pyridine rings is 1. The van der Waals surface area contributed by atoms with E-state index in [1.165, 1.54) is 35.3 Å². The molecule has 0 radical (unpaired) electrons. The van der Waals surface area contributed by atoms with Crippen LogP contribution in [0.4, 0.5) is 16.2 Å². The van der Waals surface area contributed by atoms with Gasteiger partial charge in [-0.25, -0.2) is 14.3 Å². The maximum absolute atomic E-state index is 13.0. The molecule has 0 bridgehead atoms.